The standard InChI is InChI=1S/C62H110/c1-7-13-18-19-20-21-22-23-24-25-26-27-28-29-30-31-32-33-34-35-36-37-38-39-40-41-42-55(51-56-47-48-58(43-14-8-2)60(53-56)45-16-10-4)52-57(12-6)62-50-49-59(44-15-9-3)61(54-62)46-17-11-5/h47-50,53-55,57H,7-46,51-52H2,1-6H3. The average molecular weight is 856 g/mol. The van der Waals surface area contributed by atoms with Crippen molar-refractivity contribution in [3.05, 3.63) is 69.8 Å². The van der Waals surface area contributed by atoms with Crippen LogP contribution in [0.2, 0.25) is 0 Å². The molecule has 0 radical (unpaired) electrons. The number of unbranched alkanes of at least 4 members (excludes halogenated alkanes) is 29. The highest BCUT2D eigenvalue weighted by Gasteiger charge is 2.20. The van der Waals surface area contributed by atoms with Crippen LogP contribution in [0.3, 0.4) is 0 Å². The third-order valence-corrected chi connectivity index (χ3v) is 14.8. The lowest BCUT2D eigenvalue weighted by molar-refractivity contribution is 0.381. The van der Waals surface area contributed by atoms with E-state index < -0.39 is 0 Å². The van der Waals surface area contributed by atoms with Crippen LogP contribution in [-0.2, 0) is 32.1 Å². The minimum Gasteiger partial charge on any atom is -0.0654 e. The molecule has 358 valence electrons. The van der Waals surface area contributed by atoms with Gasteiger partial charge in [0.05, 0.1) is 0 Å². The second-order valence-corrected chi connectivity index (χ2v) is 20.6. The molecule has 0 aliphatic rings. The predicted molar refractivity (Wildman–Crippen MR) is 283 cm³/mol. The number of hydrogen-bond acceptors (Lipinski definition) is 0. The summed E-state index contributed by atoms with van der Waals surface area (Å²) < 4.78 is 0. The summed E-state index contributed by atoms with van der Waals surface area (Å²) in [6.07, 6.45) is 58.8. The second kappa shape index (κ2) is 40.9. The SMILES string of the molecule is CCCCCCCCCCCCCCCCCCCCCCCCCCCCC(Cc1ccc(CCCC)c(CCCC)c1)CC(CC)c1ccc(CCCC)c(CCCC)c1. The zero-order valence-electron chi connectivity index (χ0n) is 43.3. The molecule has 2 aromatic carbocycles. The third-order valence-electron chi connectivity index (χ3n) is 14.8. The number of benzene rings is 2. The Balaban J connectivity index is 1.73. The Morgan fingerprint density at radius 1 is 0.323 bits per heavy atom. The van der Waals surface area contributed by atoms with E-state index in [-0.39, 0.29) is 0 Å². The normalized spacial score (nSPS) is 12.7. The Hall–Kier alpha value is -1.56. The van der Waals surface area contributed by atoms with Crippen molar-refractivity contribution in [3.8, 4) is 0 Å². The van der Waals surface area contributed by atoms with Crippen molar-refractivity contribution in [1.82, 2.24) is 0 Å². The fourth-order valence-electron chi connectivity index (χ4n) is 10.5. The van der Waals surface area contributed by atoms with Crippen molar-refractivity contribution < 1.29 is 0 Å². The molecule has 0 aliphatic heterocycles. The van der Waals surface area contributed by atoms with Gasteiger partial charge in [0.2, 0.25) is 0 Å². The van der Waals surface area contributed by atoms with E-state index in [1.807, 2.05) is 0 Å². The molecule has 0 amide bonds. The first kappa shape index (κ1) is 56.6. The van der Waals surface area contributed by atoms with Gasteiger partial charge < -0.3 is 0 Å². The van der Waals surface area contributed by atoms with E-state index in [9.17, 15) is 0 Å². The van der Waals surface area contributed by atoms with Crippen LogP contribution >= 0.6 is 0 Å². The van der Waals surface area contributed by atoms with Crippen molar-refractivity contribution >= 4 is 0 Å². The van der Waals surface area contributed by atoms with Gasteiger partial charge in [-0.05, 0) is 116 Å². The molecule has 0 aliphatic carbocycles. The van der Waals surface area contributed by atoms with Gasteiger partial charge in [0, 0.05) is 0 Å². The topological polar surface area (TPSA) is 0 Å². The zero-order valence-corrected chi connectivity index (χ0v) is 43.3. The predicted octanol–water partition coefficient (Wildman–Crippen LogP) is 21.4. The molecular formula is C62H110. The van der Waals surface area contributed by atoms with Gasteiger partial charge in [-0.25, -0.2) is 0 Å². The number of aryl methyl sites for hydroxylation is 4. The van der Waals surface area contributed by atoms with Gasteiger partial charge in [-0.2, -0.15) is 0 Å². The molecule has 62 heavy (non-hydrogen) atoms. The van der Waals surface area contributed by atoms with Crippen LogP contribution in [-0.4, -0.2) is 0 Å². The van der Waals surface area contributed by atoms with Crippen molar-refractivity contribution in [2.45, 2.75) is 317 Å². The van der Waals surface area contributed by atoms with Gasteiger partial charge in [0.15, 0.2) is 0 Å². The largest absolute Gasteiger partial charge is 0.0654 e. The Bertz CT molecular complexity index is 1250. The second-order valence-electron chi connectivity index (χ2n) is 20.6. The molecule has 0 N–H and O–H groups in total. The summed E-state index contributed by atoms with van der Waals surface area (Å²) in [6.45, 7) is 14.2. The van der Waals surface area contributed by atoms with Gasteiger partial charge in [0.25, 0.3) is 0 Å². The summed E-state index contributed by atoms with van der Waals surface area (Å²) in [5.74, 6) is 1.45. The molecular weight excluding hydrogens is 745 g/mol. The van der Waals surface area contributed by atoms with Crippen molar-refractivity contribution in [2.24, 2.45) is 5.92 Å². The summed E-state index contributed by atoms with van der Waals surface area (Å²) >= 11 is 0. The Morgan fingerprint density at radius 2 is 0.661 bits per heavy atom. The van der Waals surface area contributed by atoms with Gasteiger partial charge in [0.1, 0.15) is 0 Å². The molecule has 0 heteroatoms. The van der Waals surface area contributed by atoms with Crippen molar-refractivity contribution in [3.63, 3.8) is 0 Å². The van der Waals surface area contributed by atoms with E-state index in [4.69, 9.17) is 0 Å². The Labute approximate surface area is 391 Å². The lowest BCUT2D eigenvalue weighted by Crippen LogP contribution is -2.12. The highest BCUT2D eigenvalue weighted by atomic mass is 14.2. The van der Waals surface area contributed by atoms with E-state index >= 15 is 0 Å². The minimum absolute atomic E-state index is 0.674. The molecule has 0 aromatic heterocycles. The van der Waals surface area contributed by atoms with Gasteiger partial charge in [-0.3, -0.25) is 0 Å². The molecule has 0 fully saturated rings. The highest BCUT2D eigenvalue weighted by molar-refractivity contribution is 5.35. The first-order valence-electron chi connectivity index (χ1n) is 28.8. The molecule has 2 rings (SSSR count). The quantitative estimate of drug-likeness (QED) is 0.0582. The van der Waals surface area contributed by atoms with E-state index in [1.165, 1.54) is 270 Å². The molecule has 0 heterocycles. The van der Waals surface area contributed by atoms with E-state index in [0.29, 0.717) is 5.92 Å². The van der Waals surface area contributed by atoms with Crippen molar-refractivity contribution in [1.29, 1.82) is 0 Å². The van der Waals surface area contributed by atoms with Crippen LogP contribution in [0.25, 0.3) is 0 Å². The van der Waals surface area contributed by atoms with Crippen molar-refractivity contribution in [2.75, 3.05) is 0 Å². The number of hydrogen-bond donors (Lipinski definition) is 0. The van der Waals surface area contributed by atoms with Crippen LogP contribution in [0, 0.1) is 5.92 Å². The maximum absolute atomic E-state index is 2.67. The van der Waals surface area contributed by atoms with E-state index in [2.05, 4.69) is 77.9 Å². The summed E-state index contributed by atoms with van der Waals surface area (Å²) in [4.78, 5) is 0. The van der Waals surface area contributed by atoms with Gasteiger partial charge in [-0.1, -0.05) is 277 Å². The average Bonchev–Trinajstić information content (AvgIpc) is 3.29. The zero-order chi connectivity index (χ0) is 44.6. The first-order valence-corrected chi connectivity index (χ1v) is 28.8. The van der Waals surface area contributed by atoms with Crippen LogP contribution < -0.4 is 0 Å². The third kappa shape index (κ3) is 28.4. The van der Waals surface area contributed by atoms with Crippen LogP contribution in [0.1, 0.15) is 318 Å². The van der Waals surface area contributed by atoms with Crippen LogP contribution in [0.15, 0.2) is 36.4 Å². The van der Waals surface area contributed by atoms with Crippen LogP contribution in [0.5, 0.6) is 0 Å². The summed E-state index contributed by atoms with van der Waals surface area (Å²) in [6, 6.07) is 15.4. The van der Waals surface area contributed by atoms with Gasteiger partial charge in [-0.15, -0.1) is 0 Å². The lowest BCUT2D eigenvalue weighted by atomic mass is 9.80. The fourth-order valence-corrected chi connectivity index (χ4v) is 10.5. The van der Waals surface area contributed by atoms with E-state index in [0.717, 1.165) is 5.92 Å². The monoisotopic (exact) mass is 855 g/mol. The molecule has 0 nitrogen and oxygen atoms in total. The molecule has 2 aromatic rings. The molecule has 2 unspecified atom stereocenters. The Kier molecular flexibility index (Phi) is 37.3. The van der Waals surface area contributed by atoms with Gasteiger partial charge >= 0.3 is 0 Å². The maximum atomic E-state index is 2.67. The summed E-state index contributed by atoms with van der Waals surface area (Å²) in [5, 5.41) is 0. The first-order chi connectivity index (χ1) is 30.6. The maximum Gasteiger partial charge on any atom is -0.0162 e. The van der Waals surface area contributed by atoms with E-state index in [1.54, 1.807) is 33.4 Å². The smallest absolute Gasteiger partial charge is 0.0162 e. The molecule has 0 saturated heterocycles. The molecule has 0 saturated carbocycles. The molecule has 0 bridgehead atoms. The lowest BCUT2D eigenvalue weighted by Gasteiger charge is -2.25. The number of rotatable bonds is 45. The molecule has 0 spiro atoms. The highest BCUT2D eigenvalue weighted by Crippen LogP contribution is 2.34. The fraction of sp³-hybridized carbons (Fsp3) is 0.806. The molecule has 2 atom stereocenters. The minimum atomic E-state index is 0.674. The summed E-state index contributed by atoms with van der Waals surface area (Å²) in [5.41, 5.74) is 9.82. The van der Waals surface area contributed by atoms with Crippen LogP contribution in [0.4, 0.5) is 0 Å². The Morgan fingerprint density at radius 3 is 1.05 bits per heavy atom. The summed E-state index contributed by atoms with van der Waals surface area (Å²) in [7, 11) is 0.